The molecule has 0 heterocycles. The van der Waals surface area contributed by atoms with Crippen LogP contribution in [0, 0.1) is 5.82 Å². The lowest BCUT2D eigenvalue weighted by atomic mass is 10.1. The van der Waals surface area contributed by atoms with Crippen molar-refractivity contribution in [3.8, 4) is 5.75 Å². The summed E-state index contributed by atoms with van der Waals surface area (Å²) in [5.41, 5.74) is 0.625. The average Bonchev–Trinajstić information content (AvgIpc) is 2.53. The molecule has 0 saturated heterocycles. The number of aliphatic carboxylic acids is 1. The van der Waals surface area contributed by atoms with Gasteiger partial charge in [0.25, 0.3) is 0 Å². The molecule has 0 aromatic heterocycles. The number of halogens is 1. The smallest absolute Gasteiger partial charge is 0.320 e. The molecule has 6 nitrogen and oxygen atoms in total. The maximum atomic E-state index is 13.7. The van der Waals surface area contributed by atoms with Gasteiger partial charge in [-0.1, -0.05) is 19.4 Å². The van der Waals surface area contributed by atoms with E-state index in [1.54, 1.807) is 20.0 Å². The van der Waals surface area contributed by atoms with E-state index < -0.39 is 23.9 Å². The van der Waals surface area contributed by atoms with Crippen molar-refractivity contribution in [1.82, 2.24) is 10.2 Å². The van der Waals surface area contributed by atoms with Crippen LogP contribution in [0.1, 0.15) is 32.3 Å². The number of rotatable bonds is 9. The van der Waals surface area contributed by atoms with Gasteiger partial charge in [-0.2, -0.15) is 0 Å². The molecule has 2 unspecified atom stereocenters. The number of likely N-dealkylation sites (N-methyl/N-ethyl adjacent to an activating group) is 1. The van der Waals surface area contributed by atoms with Crippen molar-refractivity contribution < 1.29 is 23.8 Å². The van der Waals surface area contributed by atoms with Crippen molar-refractivity contribution in [1.29, 1.82) is 0 Å². The highest BCUT2D eigenvalue weighted by molar-refractivity contribution is 5.82. The summed E-state index contributed by atoms with van der Waals surface area (Å²) in [6.07, 6.45) is 1.15. The molecule has 1 amide bonds. The Labute approximate surface area is 141 Å². The molecule has 0 aliphatic heterocycles. The highest BCUT2D eigenvalue weighted by Gasteiger charge is 2.24. The van der Waals surface area contributed by atoms with Gasteiger partial charge in [0.05, 0.1) is 13.2 Å². The van der Waals surface area contributed by atoms with Crippen LogP contribution in [0.4, 0.5) is 4.39 Å². The van der Waals surface area contributed by atoms with Crippen molar-refractivity contribution in [3.05, 3.63) is 29.6 Å². The van der Waals surface area contributed by atoms with Crippen LogP contribution in [-0.4, -0.2) is 48.1 Å². The van der Waals surface area contributed by atoms with E-state index in [0.29, 0.717) is 18.4 Å². The Morgan fingerprint density at radius 3 is 2.58 bits per heavy atom. The Hall–Kier alpha value is -2.15. The zero-order chi connectivity index (χ0) is 18.3. The second-order valence-corrected chi connectivity index (χ2v) is 5.73. The number of carboxylic acid groups (broad SMARTS) is 1. The molecular formula is C17H25FN2O4. The van der Waals surface area contributed by atoms with Gasteiger partial charge >= 0.3 is 5.97 Å². The van der Waals surface area contributed by atoms with E-state index in [4.69, 9.17) is 9.84 Å². The standard InChI is InChI=1S/C17H25FN2O4/c1-5-6-14(17(22)23)19-11(2)16(21)20(3)10-12-7-8-15(24-4)13(18)9-12/h7-9,11,14,19H,5-6,10H2,1-4H3,(H,22,23). The molecule has 1 rings (SSSR count). The third kappa shape index (κ3) is 5.49. The first-order valence-corrected chi connectivity index (χ1v) is 7.86. The van der Waals surface area contributed by atoms with Crippen LogP contribution in [0.25, 0.3) is 0 Å². The van der Waals surface area contributed by atoms with Crippen LogP contribution in [0.2, 0.25) is 0 Å². The van der Waals surface area contributed by atoms with Crippen LogP contribution in [0.3, 0.4) is 0 Å². The van der Waals surface area contributed by atoms with E-state index in [2.05, 4.69) is 5.32 Å². The number of hydrogen-bond donors (Lipinski definition) is 2. The average molecular weight is 340 g/mol. The van der Waals surface area contributed by atoms with Crippen molar-refractivity contribution >= 4 is 11.9 Å². The normalized spacial score (nSPS) is 13.2. The van der Waals surface area contributed by atoms with E-state index >= 15 is 0 Å². The fraction of sp³-hybridized carbons (Fsp3) is 0.529. The Bertz CT molecular complexity index is 580. The lowest BCUT2D eigenvalue weighted by Crippen LogP contribution is -2.49. The van der Waals surface area contributed by atoms with Gasteiger partial charge in [0.1, 0.15) is 6.04 Å². The van der Waals surface area contributed by atoms with Gasteiger partial charge in [0.2, 0.25) is 5.91 Å². The number of ether oxygens (including phenoxy) is 1. The summed E-state index contributed by atoms with van der Waals surface area (Å²) in [4.78, 5) is 25.0. The molecule has 2 N–H and O–H groups in total. The van der Waals surface area contributed by atoms with Crippen molar-refractivity contribution in [2.24, 2.45) is 0 Å². The van der Waals surface area contributed by atoms with E-state index in [9.17, 15) is 14.0 Å². The van der Waals surface area contributed by atoms with E-state index in [0.717, 1.165) is 0 Å². The quantitative estimate of drug-likeness (QED) is 0.719. The summed E-state index contributed by atoms with van der Waals surface area (Å²) in [6.45, 7) is 3.73. The lowest BCUT2D eigenvalue weighted by molar-refractivity contribution is -0.140. The minimum absolute atomic E-state index is 0.145. The maximum absolute atomic E-state index is 13.7. The first kappa shape index (κ1) is 19.9. The number of methoxy groups -OCH3 is 1. The second kappa shape index (κ2) is 9.22. The predicted molar refractivity (Wildman–Crippen MR) is 88.4 cm³/mol. The van der Waals surface area contributed by atoms with Crippen LogP contribution >= 0.6 is 0 Å². The van der Waals surface area contributed by atoms with Crippen molar-refractivity contribution in [2.75, 3.05) is 14.2 Å². The van der Waals surface area contributed by atoms with Gasteiger partial charge in [0, 0.05) is 13.6 Å². The molecule has 24 heavy (non-hydrogen) atoms. The third-order valence-corrected chi connectivity index (χ3v) is 3.71. The van der Waals surface area contributed by atoms with E-state index in [1.807, 2.05) is 6.92 Å². The Balaban J connectivity index is 2.69. The summed E-state index contributed by atoms with van der Waals surface area (Å²) in [5.74, 6) is -1.58. The first-order chi connectivity index (χ1) is 11.3. The zero-order valence-corrected chi connectivity index (χ0v) is 14.5. The first-order valence-electron chi connectivity index (χ1n) is 7.86. The number of nitrogens with one attached hydrogen (secondary N) is 1. The fourth-order valence-electron chi connectivity index (χ4n) is 2.43. The Morgan fingerprint density at radius 2 is 2.08 bits per heavy atom. The summed E-state index contributed by atoms with van der Waals surface area (Å²) < 4.78 is 18.6. The number of carboxylic acids is 1. The molecule has 2 atom stereocenters. The molecule has 0 spiro atoms. The molecule has 1 aromatic rings. The predicted octanol–water partition coefficient (Wildman–Crippen LogP) is 2.02. The van der Waals surface area contributed by atoms with Gasteiger partial charge in [0.15, 0.2) is 11.6 Å². The molecule has 134 valence electrons. The molecule has 7 heteroatoms. The second-order valence-electron chi connectivity index (χ2n) is 5.73. The molecular weight excluding hydrogens is 315 g/mol. The Morgan fingerprint density at radius 1 is 1.42 bits per heavy atom. The number of nitrogens with zero attached hydrogens (tertiary/aromatic N) is 1. The largest absolute Gasteiger partial charge is 0.494 e. The van der Waals surface area contributed by atoms with E-state index in [-0.39, 0.29) is 18.2 Å². The number of carbonyl (C=O) groups excluding carboxylic acids is 1. The van der Waals surface area contributed by atoms with Gasteiger partial charge in [-0.25, -0.2) is 4.39 Å². The summed E-state index contributed by atoms with van der Waals surface area (Å²) in [7, 11) is 2.98. The van der Waals surface area contributed by atoms with Gasteiger partial charge in [-0.05, 0) is 31.0 Å². The number of amides is 1. The molecule has 1 aromatic carbocycles. The molecule has 0 aliphatic rings. The van der Waals surface area contributed by atoms with Crippen LogP contribution in [0.15, 0.2) is 18.2 Å². The topological polar surface area (TPSA) is 78.9 Å². The zero-order valence-electron chi connectivity index (χ0n) is 14.5. The summed E-state index contributed by atoms with van der Waals surface area (Å²) in [6, 6.07) is 3.09. The summed E-state index contributed by atoms with van der Waals surface area (Å²) in [5, 5.41) is 12.0. The minimum atomic E-state index is -0.976. The molecule has 0 bridgehead atoms. The molecule has 0 saturated carbocycles. The number of hydrogen-bond acceptors (Lipinski definition) is 4. The monoisotopic (exact) mass is 340 g/mol. The molecule has 0 aliphatic carbocycles. The minimum Gasteiger partial charge on any atom is -0.494 e. The van der Waals surface area contributed by atoms with Gasteiger partial charge < -0.3 is 14.7 Å². The van der Waals surface area contributed by atoms with Crippen LogP contribution in [-0.2, 0) is 16.1 Å². The van der Waals surface area contributed by atoms with Gasteiger partial charge in [-0.15, -0.1) is 0 Å². The lowest BCUT2D eigenvalue weighted by Gasteiger charge is -2.24. The number of carbonyl (C=O) groups is 2. The number of benzene rings is 1. The third-order valence-electron chi connectivity index (χ3n) is 3.71. The highest BCUT2D eigenvalue weighted by Crippen LogP contribution is 2.18. The van der Waals surface area contributed by atoms with Crippen LogP contribution < -0.4 is 10.1 Å². The van der Waals surface area contributed by atoms with E-state index in [1.165, 1.54) is 24.1 Å². The van der Waals surface area contributed by atoms with Crippen molar-refractivity contribution in [2.45, 2.75) is 45.3 Å². The van der Waals surface area contributed by atoms with Crippen molar-refractivity contribution in [3.63, 3.8) is 0 Å². The van der Waals surface area contributed by atoms with Gasteiger partial charge in [-0.3, -0.25) is 14.9 Å². The Kier molecular flexibility index (Phi) is 7.64. The highest BCUT2D eigenvalue weighted by atomic mass is 19.1. The summed E-state index contributed by atoms with van der Waals surface area (Å²) >= 11 is 0. The maximum Gasteiger partial charge on any atom is 0.320 e. The SMILES string of the molecule is CCCC(NC(C)C(=O)N(C)Cc1ccc(OC)c(F)c1)C(=O)O. The molecule has 0 radical (unpaired) electrons. The molecule has 0 fully saturated rings. The van der Waals surface area contributed by atoms with Crippen LogP contribution in [0.5, 0.6) is 5.75 Å². The fourth-order valence-corrected chi connectivity index (χ4v) is 2.43.